The number of ether oxygens (including phenoxy) is 4. The fourth-order valence-corrected chi connectivity index (χ4v) is 3.48. The maximum Gasteiger partial charge on any atom is 0.407 e. The summed E-state index contributed by atoms with van der Waals surface area (Å²) >= 11 is 1.90. The van der Waals surface area contributed by atoms with E-state index in [1.54, 1.807) is 0 Å². The Morgan fingerprint density at radius 3 is 1.72 bits per heavy atom. The first-order chi connectivity index (χ1) is 15.7. The van der Waals surface area contributed by atoms with Gasteiger partial charge in [0.2, 0.25) is 5.91 Å². The van der Waals surface area contributed by atoms with Crippen molar-refractivity contribution >= 4 is 23.8 Å². The number of carbonyl (C=O) groups excluding carboxylic acids is 2. The molecule has 32 heavy (non-hydrogen) atoms. The summed E-state index contributed by atoms with van der Waals surface area (Å²) in [7, 11) is 0. The van der Waals surface area contributed by atoms with Crippen LogP contribution in [0.1, 0.15) is 66.7 Å². The molecule has 0 aromatic carbocycles. The minimum atomic E-state index is -0.361. The molecule has 0 aliphatic heterocycles. The van der Waals surface area contributed by atoms with E-state index in [-0.39, 0.29) is 18.1 Å². The summed E-state index contributed by atoms with van der Waals surface area (Å²) in [6, 6.07) is 0. The van der Waals surface area contributed by atoms with Crippen molar-refractivity contribution in [1.82, 2.24) is 10.6 Å². The molecule has 2 amide bonds. The zero-order valence-electron chi connectivity index (χ0n) is 21.2. The lowest BCUT2D eigenvalue weighted by molar-refractivity contribution is -0.121. The van der Waals surface area contributed by atoms with Crippen LogP contribution in [-0.2, 0) is 23.7 Å². The van der Waals surface area contributed by atoms with Gasteiger partial charge in [-0.15, -0.1) is 0 Å². The Labute approximate surface area is 200 Å². The molecule has 0 unspecified atom stereocenters. The van der Waals surface area contributed by atoms with Gasteiger partial charge >= 0.3 is 6.09 Å². The van der Waals surface area contributed by atoms with Crippen molar-refractivity contribution in [1.29, 1.82) is 0 Å². The maximum atomic E-state index is 11.7. The second kappa shape index (κ2) is 26.2. The number of thioether (sulfide) groups is 1. The van der Waals surface area contributed by atoms with E-state index in [1.807, 2.05) is 46.4 Å². The van der Waals surface area contributed by atoms with Crippen LogP contribution >= 0.6 is 11.8 Å². The van der Waals surface area contributed by atoms with Gasteiger partial charge in [-0.1, -0.05) is 34.6 Å². The smallest absolute Gasteiger partial charge is 0.407 e. The molecule has 1 aliphatic rings. The Balaban J connectivity index is 0. The third-order valence-corrected chi connectivity index (χ3v) is 5.52. The van der Waals surface area contributed by atoms with Crippen LogP contribution in [0.3, 0.4) is 0 Å². The van der Waals surface area contributed by atoms with E-state index in [4.69, 9.17) is 18.9 Å². The van der Waals surface area contributed by atoms with Crippen molar-refractivity contribution in [2.45, 2.75) is 78.1 Å². The van der Waals surface area contributed by atoms with Gasteiger partial charge in [-0.05, 0) is 31.9 Å². The van der Waals surface area contributed by atoms with E-state index >= 15 is 0 Å². The third kappa shape index (κ3) is 20.8. The van der Waals surface area contributed by atoms with Gasteiger partial charge in [-0.2, -0.15) is 11.8 Å². The van der Waals surface area contributed by atoms with Crippen molar-refractivity contribution in [3.05, 3.63) is 0 Å². The molecule has 9 heteroatoms. The second-order valence-corrected chi connectivity index (χ2v) is 7.65. The largest absolute Gasteiger partial charge is 0.446 e. The van der Waals surface area contributed by atoms with Crippen LogP contribution in [0.25, 0.3) is 0 Å². The SMILES string of the molecule is CC.CC.CCC(=O)NCCOCCOCCOCCNC(=O)OC1CCC(SC)CC1. The zero-order valence-corrected chi connectivity index (χ0v) is 22.0. The Hall–Kier alpha value is -1.03. The minimum absolute atomic E-state index is 0.0260. The van der Waals surface area contributed by atoms with Gasteiger partial charge in [-0.3, -0.25) is 4.79 Å². The summed E-state index contributed by atoms with van der Waals surface area (Å²) in [4.78, 5) is 22.7. The molecular formula is C23H48N2O6S. The summed E-state index contributed by atoms with van der Waals surface area (Å²) in [6.07, 6.45) is 6.43. The van der Waals surface area contributed by atoms with Gasteiger partial charge in [0.05, 0.1) is 39.6 Å². The molecule has 8 nitrogen and oxygen atoms in total. The van der Waals surface area contributed by atoms with Crippen molar-refractivity contribution in [3.8, 4) is 0 Å². The number of amides is 2. The molecule has 0 saturated heterocycles. The number of nitrogens with one attached hydrogen (secondary N) is 2. The Bertz CT molecular complexity index is 421. The standard InChI is InChI=1S/C19H36N2O6S.2C2H6/c1-3-18(22)20-8-10-24-12-14-26-15-13-25-11-9-21-19(23)27-16-4-6-17(28-2)7-5-16;2*1-2/h16-17H,3-15H2,1-2H3,(H,20,22)(H,21,23);2*1-2H3. The van der Waals surface area contributed by atoms with E-state index in [9.17, 15) is 9.59 Å². The minimum Gasteiger partial charge on any atom is -0.446 e. The number of hydrogen-bond acceptors (Lipinski definition) is 7. The summed E-state index contributed by atoms with van der Waals surface area (Å²) in [5.74, 6) is 0.0260. The average Bonchev–Trinajstić information content (AvgIpc) is 2.84. The molecule has 0 spiro atoms. The van der Waals surface area contributed by atoms with E-state index in [1.165, 1.54) is 0 Å². The van der Waals surface area contributed by atoms with Crippen LogP contribution in [0.5, 0.6) is 0 Å². The molecule has 1 rings (SSSR count). The highest BCUT2D eigenvalue weighted by atomic mass is 32.2. The lowest BCUT2D eigenvalue weighted by Gasteiger charge is -2.27. The molecule has 0 bridgehead atoms. The van der Waals surface area contributed by atoms with Crippen molar-refractivity contribution < 1.29 is 28.5 Å². The average molecular weight is 481 g/mol. The van der Waals surface area contributed by atoms with Gasteiger partial charge in [0.1, 0.15) is 6.10 Å². The summed E-state index contributed by atoms with van der Waals surface area (Å²) in [5, 5.41) is 6.16. The molecule has 1 aliphatic carbocycles. The highest BCUT2D eigenvalue weighted by Crippen LogP contribution is 2.28. The van der Waals surface area contributed by atoms with Gasteiger partial charge in [-0.25, -0.2) is 4.79 Å². The van der Waals surface area contributed by atoms with Crippen molar-refractivity contribution in [2.24, 2.45) is 0 Å². The normalized spacial score (nSPS) is 17.2. The first kappa shape index (κ1) is 33.1. The molecule has 1 saturated carbocycles. The van der Waals surface area contributed by atoms with E-state index in [0.717, 1.165) is 25.7 Å². The predicted molar refractivity (Wildman–Crippen MR) is 132 cm³/mol. The van der Waals surface area contributed by atoms with Crippen LogP contribution in [0.4, 0.5) is 4.79 Å². The number of hydrogen-bond donors (Lipinski definition) is 2. The van der Waals surface area contributed by atoms with Crippen molar-refractivity contribution in [3.63, 3.8) is 0 Å². The molecule has 0 atom stereocenters. The van der Waals surface area contributed by atoms with E-state index in [0.29, 0.717) is 64.4 Å². The van der Waals surface area contributed by atoms with Crippen molar-refractivity contribution in [2.75, 3.05) is 59.0 Å². The topological polar surface area (TPSA) is 95.1 Å². The number of alkyl carbamates (subject to hydrolysis) is 1. The molecule has 0 radical (unpaired) electrons. The molecule has 2 N–H and O–H groups in total. The van der Waals surface area contributed by atoms with E-state index < -0.39 is 0 Å². The van der Waals surface area contributed by atoms with Crippen LogP contribution in [-0.4, -0.2) is 82.3 Å². The van der Waals surface area contributed by atoms with Gasteiger partial charge < -0.3 is 29.6 Å². The monoisotopic (exact) mass is 480 g/mol. The lowest BCUT2D eigenvalue weighted by Crippen LogP contribution is -2.33. The third-order valence-electron chi connectivity index (χ3n) is 4.38. The number of carbonyl (C=O) groups is 2. The highest BCUT2D eigenvalue weighted by Gasteiger charge is 2.23. The fraction of sp³-hybridized carbons (Fsp3) is 0.913. The van der Waals surface area contributed by atoms with E-state index in [2.05, 4.69) is 16.9 Å². The summed E-state index contributed by atoms with van der Waals surface area (Å²) in [5.41, 5.74) is 0. The summed E-state index contributed by atoms with van der Waals surface area (Å²) < 4.78 is 21.5. The maximum absolute atomic E-state index is 11.7. The molecule has 1 fully saturated rings. The first-order valence-electron chi connectivity index (χ1n) is 12.1. The molecular weight excluding hydrogens is 432 g/mol. The molecule has 0 aromatic heterocycles. The number of rotatable bonds is 15. The molecule has 192 valence electrons. The van der Waals surface area contributed by atoms with Gasteiger partial charge in [0.25, 0.3) is 0 Å². The van der Waals surface area contributed by atoms with Crippen LogP contribution in [0.15, 0.2) is 0 Å². The first-order valence-corrected chi connectivity index (χ1v) is 13.4. The Morgan fingerprint density at radius 1 is 0.781 bits per heavy atom. The zero-order chi connectivity index (χ0) is 24.5. The summed E-state index contributed by atoms with van der Waals surface area (Å²) in [6.45, 7) is 13.5. The van der Waals surface area contributed by atoms with Crippen LogP contribution < -0.4 is 10.6 Å². The Kier molecular flexibility index (Phi) is 27.2. The quantitative estimate of drug-likeness (QED) is 0.342. The predicted octanol–water partition coefficient (Wildman–Crippen LogP) is 4.02. The Morgan fingerprint density at radius 2 is 1.25 bits per heavy atom. The van der Waals surface area contributed by atoms with Crippen LogP contribution in [0.2, 0.25) is 0 Å². The lowest BCUT2D eigenvalue weighted by atomic mass is 9.97. The molecule has 0 heterocycles. The van der Waals surface area contributed by atoms with Crippen LogP contribution in [0, 0.1) is 0 Å². The molecule has 0 aromatic rings. The fourth-order valence-electron chi connectivity index (χ4n) is 2.73. The highest BCUT2D eigenvalue weighted by molar-refractivity contribution is 7.99. The van der Waals surface area contributed by atoms with Gasteiger partial charge in [0, 0.05) is 24.8 Å². The van der Waals surface area contributed by atoms with Gasteiger partial charge in [0.15, 0.2) is 0 Å². The second-order valence-electron chi connectivity index (χ2n) is 6.51.